The molecule has 5 heteroatoms. The molecule has 0 fully saturated rings. The third-order valence-corrected chi connectivity index (χ3v) is 3.59. The van der Waals surface area contributed by atoms with Gasteiger partial charge in [-0.05, 0) is 38.0 Å². The predicted octanol–water partition coefficient (Wildman–Crippen LogP) is 2.86. The van der Waals surface area contributed by atoms with E-state index in [-0.39, 0.29) is 0 Å². The molecule has 3 aromatic heterocycles. The molecule has 3 heterocycles. The summed E-state index contributed by atoms with van der Waals surface area (Å²) in [7, 11) is 1.94. The van der Waals surface area contributed by atoms with E-state index in [1.54, 1.807) is 6.20 Å². The molecule has 0 spiro atoms. The van der Waals surface area contributed by atoms with Crippen molar-refractivity contribution in [2.75, 3.05) is 0 Å². The lowest BCUT2D eigenvalue weighted by Gasteiger charge is -2.06. The fourth-order valence-electron chi connectivity index (χ4n) is 2.69. The standard InChI is InChI=1S/C15H19N5/c1-5-8-20-15-14(11(3)18-20)10(2)9-12(17-15)13-6-7-16-19(13)4/h6-7,9H,5,8H2,1-4H3. The van der Waals surface area contributed by atoms with Crippen LogP contribution in [0.3, 0.4) is 0 Å². The second-order valence-corrected chi connectivity index (χ2v) is 5.17. The molecule has 0 unspecified atom stereocenters. The average molecular weight is 269 g/mol. The van der Waals surface area contributed by atoms with Gasteiger partial charge in [0.2, 0.25) is 0 Å². The van der Waals surface area contributed by atoms with Crippen molar-refractivity contribution < 1.29 is 0 Å². The van der Waals surface area contributed by atoms with Crippen LogP contribution in [-0.2, 0) is 13.6 Å². The molecule has 0 aliphatic carbocycles. The van der Waals surface area contributed by atoms with Gasteiger partial charge in [0, 0.05) is 25.2 Å². The molecule has 0 aliphatic heterocycles. The lowest BCUT2D eigenvalue weighted by atomic mass is 10.1. The molecule has 3 rings (SSSR count). The van der Waals surface area contributed by atoms with Gasteiger partial charge in [0.25, 0.3) is 0 Å². The maximum Gasteiger partial charge on any atom is 0.159 e. The van der Waals surface area contributed by atoms with Crippen LogP contribution < -0.4 is 0 Å². The second-order valence-electron chi connectivity index (χ2n) is 5.17. The van der Waals surface area contributed by atoms with Crippen molar-refractivity contribution in [3.05, 3.63) is 29.6 Å². The quantitative estimate of drug-likeness (QED) is 0.734. The molecule has 0 bridgehead atoms. The summed E-state index contributed by atoms with van der Waals surface area (Å²) in [6, 6.07) is 4.10. The first kappa shape index (κ1) is 12.8. The second kappa shape index (κ2) is 4.74. The van der Waals surface area contributed by atoms with Gasteiger partial charge in [-0.3, -0.25) is 4.68 Å². The van der Waals surface area contributed by atoms with Crippen LogP contribution in [0.2, 0.25) is 0 Å². The SMILES string of the molecule is CCCn1nc(C)c2c(C)cc(-c3ccnn3C)nc21. The maximum absolute atomic E-state index is 4.82. The molecule has 20 heavy (non-hydrogen) atoms. The van der Waals surface area contributed by atoms with Gasteiger partial charge in [-0.2, -0.15) is 10.2 Å². The van der Waals surface area contributed by atoms with Crippen molar-refractivity contribution in [2.45, 2.75) is 33.7 Å². The molecule has 104 valence electrons. The highest BCUT2D eigenvalue weighted by atomic mass is 15.3. The van der Waals surface area contributed by atoms with E-state index >= 15 is 0 Å². The van der Waals surface area contributed by atoms with Crippen molar-refractivity contribution >= 4 is 11.0 Å². The van der Waals surface area contributed by atoms with Crippen molar-refractivity contribution in [3.63, 3.8) is 0 Å². The Hall–Kier alpha value is -2.17. The first-order valence-corrected chi connectivity index (χ1v) is 6.95. The summed E-state index contributed by atoms with van der Waals surface area (Å²) >= 11 is 0. The van der Waals surface area contributed by atoms with Gasteiger partial charge in [-0.1, -0.05) is 6.92 Å². The van der Waals surface area contributed by atoms with Crippen LogP contribution in [0.4, 0.5) is 0 Å². The number of rotatable bonds is 3. The third kappa shape index (κ3) is 1.90. The van der Waals surface area contributed by atoms with Gasteiger partial charge in [-0.25, -0.2) is 9.67 Å². The molecule has 5 nitrogen and oxygen atoms in total. The Balaban J connectivity index is 2.27. The van der Waals surface area contributed by atoms with Crippen molar-refractivity contribution in [3.8, 4) is 11.4 Å². The van der Waals surface area contributed by atoms with Crippen molar-refractivity contribution in [2.24, 2.45) is 7.05 Å². The van der Waals surface area contributed by atoms with Gasteiger partial charge < -0.3 is 0 Å². The summed E-state index contributed by atoms with van der Waals surface area (Å²) in [6.45, 7) is 7.22. The summed E-state index contributed by atoms with van der Waals surface area (Å²) in [5.41, 5.74) is 5.21. The number of fused-ring (bicyclic) bond motifs is 1. The molecule has 0 radical (unpaired) electrons. The van der Waals surface area contributed by atoms with E-state index in [1.807, 2.05) is 29.4 Å². The van der Waals surface area contributed by atoms with Crippen LogP contribution >= 0.6 is 0 Å². The lowest BCUT2D eigenvalue weighted by molar-refractivity contribution is 0.612. The van der Waals surface area contributed by atoms with Crippen LogP contribution in [0.25, 0.3) is 22.4 Å². The molecule has 0 aliphatic rings. The van der Waals surface area contributed by atoms with E-state index in [4.69, 9.17) is 4.98 Å². The Morgan fingerprint density at radius 3 is 2.70 bits per heavy atom. The molecule has 0 saturated heterocycles. The number of hydrogen-bond acceptors (Lipinski definition) is 3. The van der Waals surface area contributed by atoms with Gasteiger partial charge in [0.15, 0.2) is 5.65 Å². The van der Waals surface area contributed by atoms with Crippen LogP contribution in [0.5, 0.6) is 0 Å². The smallest absolute Gasteiger partial charge is 0.159 e. The summed E-state index contributed by atoms with van der Waals surface area (Å²) in [5.74, 6) is 0. The number of nitrogens with zero attached hydrogens (tertiary/aromatic N) is 5. The zero-order valence-electron chi connectivity index (χ0n) is 12.4. The Bertz CT molecular complexity index is 766. The lowest BCUT2D eigenvalue weighted by Crippen LogP contribution is -2.02. The fraction of sp³-hybridized carbons (Fsp3) is 0.400. The summed E-state index contributed by atoms with van der Waals surface area (Å²) in [4.78, 5) is 4.82. The molecule has 0 saturated carbocycles. The van der Waals surface area contributed by atoms with Gasteiger partial charge in [0.05, 0.1) is 17.1 Å². The van der Waals surface area contributed by atoms with Gasteiger partial charge in [-0.15, -0.1) is 0 Å². The summed E-state index contributed by atoms with van der Waals surface area (Å²) in [6.07, 6.45) is 2.85. The molecular formula is C15H19N5. The van der Waals surface area contributed by atoms with Crippen LogP contribution in [0.15, 0.2) is 18.3 Å². The fourth-order valence-corrected chi connectivity index (χ4v) is 2.69. The average Bonchev–Trinajstić information content (AvgIpc) is 2.95. The molecule has 0 N–H and O–H groups in total. The monoisotopic (exact) mass is 269 g/mol. The zero-order valence-corrected chi connectivity index (χ0v) is 12.4. The molecule has 0 aromatic carbocycles. The van der Waals surface area contributed by atoms with E-state index in [2.05, 4.69) is 30.1 Å². The largest absolute Gasteiger partial charge is 0.266 e. The molecule has 3 aromatic rings. The van der Waals surface area contributed by atoms with E-state index in [9.17, 15) is 0 Å². The van der Waals surface area contributed by atoms with E-state index in [1.165, 1.54) is 10.9 Å². The highest BCUT2D eigenvalue weighted by Crippen LogP contribution is 2.26. The predicted molar refractivity (Wildman–Crippen MR) is 79.5 cm³/mol. The summed E-state index contributed by atoms with van der Waals surface area (Å²) in [5, 5.41) is 10.0. The highest BCUT2D eigenvalue weighted by molar-refractivity contribution is 5.84. The third-order valence-electron chi connectivity index (χ3n) is 3.59. The first-order valence-electron chi connectivity index (χ1n) is 6.95. The Labute approximate surface area is 118 Å². The maximum atomic E-state index is 4.82. The minimum Gasteiger partial charge on any atom is -0.266 e. The first-order chi connectivity index (χ1) is 9.61. The molecule has 0 amide bonds. The van der Waals surface area contributed by atoms with E-state index in [0.29, 0.717) is 0 Å². The Morgan fingerprint density at radius 2 is 2.05 bits per heavy atom. The van der Waals surface area contributed by atoms with Gasteiger partial charge >= 0.3 is 0 Å². The van der Waals surface area contributed by atoms with Crippen molar-refractivity contribution in [1.29, 1.82) is 0 Å². The number of aromatic nitrogens is 5. The van der Waals surface area contributed by atoms with Crippen LogP contribution in [0.1, 0.15) is 24.6 Å². The normalized spacial score (nSPS) is 11.4. The topological polar surface area (TPSA) is 48.5 Å². The number of pyridine rings is 1. The summed E-state index contributed by atoms with van der Waals surface area (Å²) < 4.78 is 3.86. The molecule has 0 atom stereocenters. The van der Waals surface area contributed by atoms with Crippen LogP contribution in [0, 0.1) is 13.8 Å². The minimum atomic E-state index is 0.894. The number of hydrogen-bond donors (Lipinski definition) is 0. The minimum absolute atomic E-state index is 0.894. The van der Waals surface area contributed by atoms with Gasteiger partial charge in [0.1, 0.15) is 0 Å². The zero-order chi connectivity index (χ0) is 14.3. The van der Waals surface area contributed by atoms with Crippen LogP contribution in [-0.4, -0.2) is 24.5 Å². The van der Waals surface area contributed by atoms with E-state index in [0.717, 1.165) is 35.7 Å². The van der Waals surface area contributed by atoms with E-state index < -0.39 is 0 Å². The van der Waals surface area contributed by atoms with Crippen molar-refractivity contribution in [1.82, 2.24) is 24.5 Å². The molecular weight excluding hydrogens is 250 g/mol. The Morgan fingerprint density at radius 1 is 1.25 bits per heavy atom. The Kier molecular flexibility index (Phi) is 3.04. The highest BCUT2D eigenvalue weighted by Gasteiger charge is 2.14. The number of aryl methyl sites for hydroxylation is 4.